The lowest BCUT2D eigenvalue weighted by Gasteiger charge is -2.09. The predicted molar refractivity (Wildman–Crippen MR) is 79.4 cm³/mol. The summed E-state index contributed by atoms with van der Waals surface area (Å²) < 4.78 is 6.36. The van der Waals surface area contributed by atoms with Crippen LogP contribution in [0.1, 0.15) is 5.56 Å². The van der Waals surface area contributed by atoms with Crippen molar-refractivity contribution in [2.24, 2.45) is 0 Å². The van der Waals surface area contributed by atoms with E-state index in [9.17, 15) is 10.1 Å². The number of pyridine rings is 1. The Morgan fingerprint density at radius 2 is 2.10 bits per heavy atom. The molecule has 1 heterocycles. The molecular weight excluding hydrogens is 326 g/mol. The van der Waals surface area contributed by atoms with Gasteiger partial charge < -0.3 is 10.1 Å². The van der Waals surface area contributed by atoms with Crippen LogP contribution in [0, 0.1) is 17.0 Å². The van der Waals surface area contributed by atoms with E-state index in [0.717, 1.165) is 10.0 Å². The minimum absolute atomic E-state index is 0.0809. The molecule has 0 bridgehead atoms. The van der Waals surface area contributed by atoms with Gasteiger partial charge in [-0.25, -0.2) is 0 Å². The molecule has 6 nitrogen and oxygen atoms in total. The van der Waals surface area contributed by atoms with Crippen molar-refractivity contribution in [3.8, 4) is 11.6 Å². The zero-order valence-electron chi connectivity index (χ0n) is 10.9. The first-order chi connectivity index (χ1) is 9.49. The molecule has 1 aromatic carbocycles. The summed E-state index contributed by atoms with van der Waals surface area (Å²) >= 11 is 3.39. The molecule has 2 aromatic rings. The van der Waals surface area contributed by atoms with E-state index in [0.29, 0.717) is 11.6 Å². The quantitative estimate of drug-likeness (QED) is 0.676. The lowest BCUT2D eigenvalue weighted by Crippen LogP contribution is -1.98. The zero-order valence-corrected chi connectivity index (χ0v) is 12.5. The van der Waals surface area contributed by atoms with E-state index < -0.39 is 4.92 Å². The smallest absolute Gasteiger partial charge is 0.278 e. The first-order valence-electron chi connectivity index (χ1n) is 5.78. The number of nitrogens with zero attached hydrogens (tertiary/aromatic N) is 2. The van der Waals surface area contributed by atoms with Crippen LogP contribution in [0.25, 0.3) is 0 Å². The summed E-state index contributed by atoms with van der Waals surface area (Å²) in [7, 11) is 1.64. The second kappa shape index (κ2) is 5.87. The second-order valence-electron chi connectivity index (χ2n) is 4.09. The maximum Gasteiger partial charge on any atom is 0.278 e. The minimum atomic E-state index is -0.487. The second-order valence-corrected chi connectivity index (χ2v) is 4.95. The molecule has 7 heteroatoms. The number of nitrogens with one attached hydrogen (secondary N) is 1. The van der Waals surface area contributed by atoms with E-state index in [1.807, 2.05) is 19.1 Å². The van der Waals surface area contributed by atoms with E-state index >= 15 is 0 Å². The number of hydrogen-bond donors (Lipinski definition) is 1. The monoisotopic (exact) mass is 337 g/mol. The molecule has 0 saturated carbocycles. The fourth-order valence-corrected chi connectivity index (χ4v) is 2.15. The summed E-state index contributed by atoms with van der Waals surface area (Å²) in [5, 5.41) is 13.6. The molecule has 0 saturated heterocycles. The van der Waals surface area contributed by atoms with Gasteiger partial charge in [-0.1, -0.05) is 6.07 Å². The van der Waals surface area contributed by atoms with E-state index in [1.165, 1.54) is 12.1 Å². The fraction of sp³-hybridized carbons (Fsp3) is 0.154. The Bertz CT molecular complexity index is 661. The number of halogens is 1. The average Bonchev–Trinajstić information content (AvgIpc) is 2.41. The number of anilines is 1. The van der Waals surface area contributed by atoms with Gasteiger partial charge in [0.25, 0.3) is 5.69 Å². The average molecular weight is 338 g/mol. The van der Waals surface area contributed by atoms with E-state index in [1.54, 1.807) is 13.1 Å². The topological polar surface area (TPSA) is 77.3 Å². The molecule has 0 amide bonds. The Labute approximate surface area is 124 Å². The first-order valence-corrected chi connectivity index (χ1v) is 6.57. The number of benzene rings is 1. The normalized spacial score (nSPS) is 10.2. The third-order valence-corrected chi connectivity index (χ3v) is 3.18. The molecule has 104 valence electrons. The highest BCUT2D eigenvalue weighted by Gasteiger charge is 2.13. The third-order valence-electron chi connectivity index (χ3n) is 2.56. The van der Waals surface area contributed by atoms with Gasteiger partial charge >= 0.3 is 0 Å². The molecular formula is C13H12BrN3O3. The predicted octanol–water partition coefficient (Wildman–Crippen LogP) is 3.89. The molecule has 20 heavy (non-hydrogen) atoms. The summed E-state index contributed by atoms with van der Waals surface area (Å²) in [6.45, 7) is 1.96. The summed E-state index contributed by atoms with van der Waals surface area (Å²) in [6, 6.07) is 8.19. The molecule has 1 aromatic heterocycles. The Morgan fingerprint density at radius 1 is 1.35 bits per heavy atom. The molecule has 0 aliphatic rings. The van der Waals surface area contributed by atoms with Gasteiger partial charge in [0, 0.05) is 7.05 Å². The van der Waals surface area contributed by atoms with Gasteiger partial charge in [-0.2, -0.15) is 4.98 Å². The van der Waals surface area contributed by atoms with Gasteiger partial charge in [-0.15, -0.1) is 0 Å². The first kappa shape index (κ1) is 14.3. The Hall–Kier alpha value is -2.15. The van der Waals surface area contributed by atoms with Crippen molar-refractivity contribution in [3.05, 3.63) is 50.5 Å². The van der Waals surface area contributed by atoms with Crippen molar-refractivity contribution in [1.29, 1.82) is 0 Å². The van der Waals surface area contributed by atoms with Crippen molar-refractivity contribution >= 4 is 27.4 Å². The van der Waals surface area contributed by atoms with Crippen LogP contribution in [-0.4, -0.2) is 17.0 Å². The van der Waals surface area contributed by atoms with Gasteiger partial charge in [0.05, 0.1) is 21.5 Å². The SMILES string of the molecule is CNc1cc([N+](=O)[O-])cc(Oc2ccc(C)cc2Br)n1. The van der Waals surface area contributed by atoms with Crippen LogP contribution in [0.5, 0.6) is 11.6 Å². The van der Waals surface area contributed by atoms with E-state index in [2.05, 4.69) is 26.2 Å². The fourth-order valence-electron chi connectivity index (χ4n) is 1.58. The molecule has 1 N–H and O–H groups in total. The molecule has 0 fully saturated rings. The highest BCUT2D eigenvalue weighted by atomic mass is 79.9. The van der Waals surface area contributed by atoms with Gasteiger partial charge in [-0.3, -0.25) is 10.1 Å². The van der Waals surface area contributed by atoms with Crippen LogP contribution in [0.3, 0.4) is 0 Å². The summed E-state index contributed by atoms with van der Waals surface area (Å²) in [5.74, 6) is 1.08. The van der Waals surface area contributed by atoms with Crippen molar-refractivity contribution in [2.45, 2.75) is 6.92 Å². The van der Waals surface area contributed by atoms with Gasteiger partial charge in [0.1, 0.15) is 11.6 Å². The van der Waals surface area contributed by atoms with Crippen LogP contribution in [0.4, 0.5) is 11.5 Å². The lowest BCUT2D eigenvalue weighted by molar-refractivity contribution is -0.384. The standard InChI is InChI=1S/C13H12BrN3O3/c1-8-3-4-11(10(14)5-8)20-13-7-9(17(18)19)6-12(15-2)16-13/h3-7H,1-2H3,(H,15,16). The van der Waals surface area contributed by atoms with Crippen molar-refractivity contribution in [1.82, 2.24) is 4.98 Å². The Kier molecular flexibility index (Phi) is 4.19. The molecule has 0 atom stereocenters. The molecule has 0 unspecified atom stereocenters. The summed E-state index contributed by atoms with van der Waals surface area (Å²) in [5.41, 5.74) is 0.995. The molecule has 2 rings (SSSR count). The number of nitro groups is 1. The molecule has 0 radical (unpaired) electrons. The minimum Gasteiger partial charge on any atom is -0.438 e. The van der Waals surface area contributed by atoms with Crippen molar-refractivity contribution in [2.75, 3.05) is 12.4 Å². The number of ether oxygens (including phenoxy) is 1. The zero-order chi connectivity index (χ0) is 14.7. The number of aromatic nitrogens is 1. The van der Waals surface area contributed by atoms with Gasteiger partial charge in [0.2, 0.25) is 5.88 Å². The third kappa shape index (κ3) is 3.24. The van der Waals surface area contributed by atoms with Crippen LogP contribution < -0.4 is 10.1 Å². The Morgan fingerprint density at radius 3 is 2.70 bits per heavy atom. The van der Waals surface area contributed by atoms with Crippen LogP contribution in [-0.2, 0) is 0 Å². The lowest BCUT2D eigenvalue weighted by atomic mass is 10.2. The number of hydrogen-bond acceptors (Lipinski definition) is 5. The maximum absolute atomic E-state index is 10.9. The summed E-state index contributed by atoms with van der Waals surface area (Å²) in [4.78, 5) is 14.5. The Balaban J connectivity index is 2.37. The highest BCUT2D eigenvalue weighted by molar-refractivity contribution is 9.10. The molecule has 0 aliphatic carbocycles. The van der Waals surface area contributed by atoms with Crippen LogP contribution in [0.15, 0.2) is 34.8 Å². The summed E-state index contributed by atoms with van der Waals surface area (Å²) in [6.07, 6.45) is 0. The maximum atomic E-state index is 10.9. The highest BCUT2D eigenvalue weighted by Crippen LogP contribution is 2.31. The number of aryl methyl sites for hydroxylation is 1. The number of rotatable bonds is 4. The largest absolute Gasteiger partial charge is 0.438 e. The van der Waals surface area contributed by atoms with Crippen LogP contribution in [0.2, 0.25) is 0 Å². The van der Waals surface area contributed by atoms with Gasteiger partial charge in [-0.05, 0) is 40.5 Å². The van der Waals surface area contributed by atoms with Crippen LogP contribution >= 0.6 is 15.9 Å². The van der Waals surface area contributed by atoms with Crippen molar-refractivity contribution in [3.63, 3.8) is 0 Å². The van der Waals surface area contributed by atoms with E-state index in [4.69, 9.17) is 4.74 Å². The molecule has 0 spiro atoms. The van der Waals surface area contributed by atoms with E-state index in [-0.39, 0.29) is 11.6 Å². The van der Waals surface area contributed by atoms with Gasteiger partial charge in [0.15, 0.2) is 0 Å². The molecule has 0 aliphatic heterocycles. The van der Waals surface area contributed by atoms with Crippen molar-refractivity contribution < 1.29 is 9.66 Å².